The van der Waals surface area contributed by atoms with Crippen LogP contribution in [0.15, 0.2) is 229 Å². The van der Waals surface area contributed by atoms with Gasteiger partial charge in [-0.25, -0.2) is 15.0 Å². The molecule has 0 aliphatic carbocycles. The highest BCUT2D eigenvalue weighted by Gasteiger charge is 2.18. The molecule has 0 atom stereocenters. The van der Waals surface area contributed by atoms with Crippen molar-refractivity contribution in [1.29, 1.82) is 5.41 Å². The van der Waals surface area contributed by atoms with Crippen LogP contribution in [-0.4, -0.2) is 26.1 Å². The molecule has 10 rings (SSSR count). The summed E-state index contributed by atoms with van der Waals surface area (Å²) in [6.07, 6.45) is 4.15. The smallest absolute Gasteiger partial charge is 0.160 e. The lowest BCUT2D eigenvalue weighted by Crippen LogP contribution is -2.04. The first-order chi connectivity index (χ1) is 30.2. The number of amidine groups is 1. The number of fused-ring (bicyclic) bond motifs is 3. The second-order valence-corrected chi connectivity index (χ2v) is 14.8. The molecular formula is C56H39N5. The molecule has 0 unspecified atom stereocenters. The summed E-state index contributed by atoms with van der Waals surface area (Å²) in [6.45, 7) is 0. The first kappa shape index (κ1) is 37.0. The van der Waals surface area contributed by atoms with E-state index in [1.807, 2.05) is 115 Å². The van der Waals surface area contributed by atoms with Crippen molar-refractivity contribution >= 4 is 39.4 Å². The monoisotopic (exact) mass is 781 g/mol. The van der Waals surface area contributed by atoms with E-state index < -0.39 is 0 Å². The minimum absolute atomic E-state index is 0.192. The molecule has 5 heteroatoms. The molecule has 5 nitrogen and oxygen atoms in total. The van der Waals surface area contributed by atoms with E-state index in [0.29, 0.717) is 11.5 Å². The summed E-state index contributed by atoms with van der Waals surface area (Å²) < 4.78 is 2.36. The molecule has 0 bridgehead atoms. The van der Waals surface area contributed by atoms with Crippen molar-refractivity contribution in [3.05, 3.63) is 241 Å². The van der Waals surface area contributed by atoms with Crippen molar-refractivity contribution in [2.24, 2.45) is 4.99 Å². The van der Waals surface area contributed by atoms with Crippen molar-refractivity contribution in [3.63, 3.8) is 0 Å². The highest BCUT2D eigenvalue weighted by Crippen LogP contribution is 2.37. The van der Waals surface area contributed by atoms with Crippen LogP contribution in [0.3, 0.4) is 0 Å². The Labute approximate surface area is 354 Å². The molecule has 10 aromatic rings. The van der Waals surface area contributed by atoms with Crippen LogP contribution in [0.5, 0.6) is 0 Å². The summed E-state index contributed by atoms with van der Waals surface area (Å²) in [4.78, 5) is 15.2. The first-order valence-electron chi connectivity index (χ1n) is 20.4. The summed E-state index contributed by atoms with van der Waals surface area (Å²) in [5.74, 6) is 0.852. The molecule has 61 heavy (non-hydrogen) atoms. The number of benzene rings is 8. The Balaban J connectivity index is 1.19. The van der Waals surface area contributed by atoms with E-state index in [9.17, 15) is 0 Å². The van der Waals surface area contributed by atoms with Gasteiger partial charge in [0.25, 0.3) is 0 Å². The summed E-state index contributed by atoms with van der Waals surface area (Å²) in [5.41, 5.74) is 13.4. The maximum atomic E-state index is 9.00. The topological polar surface area (TPSA) is 66.9 Å². The Morgan fingerprint density at radius 3 is 1.67 bits per heavy atom. The SMILES string of the molecule is N=C(/N=C(\C=C\c1cc(-c2cc(-c3ccccc3)nc(-c3ccccc3)n2)ccc1-n1c2ccccc2c2cc(-c3ccccc3)ccc21)c1ccccc1)c1ccccc1. The van der Waals surface area contributed by atoms with Crippen molar-refractivity contribution in [2.45, 2.75) is 0 Å². The zero-order valence-corrected chi connectivity index (χ0v) is 33.2. The molecule has 8 aromatic carbocycles. The minimum Gasteiger partial charge on any atom is -0.309 e. The fourth-order valence-electron chi connectivity index (χ4n) is 7.92. The van der Waals surface area contributed by atoms with Crippen molar-refractivity contribution < 1.29 is 0 Å². The molecule has 2 aromatic heterocycles. The molecule has 0 saturated carbocycles. The van der Waals surface area contributed by atoms with E-state index in [-0.39, 0.29) is 5.84 Å². The number of aliphatic imine (C=N–C) groups is 1. The summed E-state index contributed by atoms with van der Waals surface area (Å²) in [7, 11) is 0. The lowest BCUT2D eigenvalue weighted by molar-refractivity contribution is 1.16. The fourth-order valence-corrected chi connectivity index (χ4v) is 7.92. The summed E-state index contributed by atoms with van der Waals surface area (Å²) in [6, 6.07) is 74.7. The predicted octanol–water partition coefficient (Wildman–Crippen LogP) is 13.8. The normalized spacial score (nSPS) is 11.7. The van der Waals surface area contributed by atoms with Crippen LogP contribution < -0.4 is 0 Å². The second kappa shape index (κ2) is 16.5. The maximum Gasteiger partial charge on any atom is 0.160 e. The number of aromatic nitrogens is 3. The highest BCUT2D eigenvalue weighted by molar-refractivity contribution is 6.18. The van der Waals surface area contributed by atoms with Crippen LogP contribution in [-0.2, 0) is 0 Å². The summed E-state index contributed by atoms with van der Waals surface area (Å²) in [5, 5.41) is 11.3. The predicted molar refractivity (Wildman–Crippen MR) is 253 cm³/mol. The number of allylic oxidation sites excluding steroid dienone is 1. The van der Waals surface area contributed by atoms with Gasteiger partial charge < -0.3 is 4.57 Å². The van der Waals surface area contributed by atoms with Gasteiger partial charge in [0.05, 0.1) is 33.8 Å². The molecule has 2 heterocycles. The molecule has 0 radical (unpaired) electrons. The average molecular weight is 782 g/mol. The van der Waals surface area contributed by atoms with Crippen LogP contribution in [0.2, 0.25) is 0 Å². The zero-order valence-electron chi connectivity index (χ0n) is 33.2. The molecule has 288 valence electrons. The third kappa shape index (κ3) is 7.60. The first-order valence-corrected chi connectivity index (χ1v) is 20.4. The van der Waals surface area contributed by atoms with Crippen LogP contribution in [0.25, 0.3) is 78.6 Å². The number of hydrogen-bond donors (Lipinski definition) is 1. The Morgan fingerprint density at radius 1 is 0.443 bits per heavy atom. The third-order valence-corrected chi connectivity index (χ3v) is 10.9. The van der Waals surface area contributed by atoms with Gasteiger partial charge >= 0.3 is 0 Å². The molecule has 0 aliphatic rings. The third-order valence-electron chi connectivity index (χ3n) is 10.9. The quantitative estimate of drug-likeness (QED) is 0.117. The molecule has 0 fully saturated rings. The van der Waals surface area contributed by atoms with Gasteiger partial charge in [-0.05, 0) is 59.2 Å². The van der Waals surface area contributed by atoms with Crippen molar-refractivity contribution in [2.75, 3.05) is 0 Å². The van der Waals surface area contributed by atoms with Crippen LogP contribution >= 0.6 is 0 Å². The average Bonchev–Trinajstić information content (AvgIpc) is 3.67. The van der Waals surface area contributed by atoms with Gasteiger partial charge in [-0.1, -0.05) is 188 Å². The Kier molecular flexibility index (Phi) is 10.0. The molecule has 0 spiro atoms. The van der Waals surface area contributed by atoms with E-state index in [4.69, 9.17) is 20.4 Å². The van der Waals surface area contributed by atoms with Crippen molar-refractivity contribution in [3.8, 4) is 50.7 Å². The number of nitrogens with zero attached hydrogens (tertiary/aromatic N) is 4. The van der Waals surface area contributed by atoms with Crippen LogP contribution in [0.1, 0.15) is 16.7 Å². The van der Waals surface area contributed by atoms with Crippen LogP contribution in [0, 0.1) is 5.41 Å². The van der Waals surface area contributed by atoms with E-state index in [1.54, 1.807) is 0 Å². The number of rotatable bonds is 9. The molecule has 0 aliphatic heterocycles. The minimum atomic E-state index is 0.192. The highest BCUT2D eigenvalue weighted by atomic mass is 15.0. The van der Waals surface area contributed by atoms with E-state index in [1.165, 1.54) is 21.9 Å². The maximum absolute atomic E-state index is 9.00. The van der Waals surface area contributed by atoms with Gasteiger partial charge in [0.2, 0.25) is 0 Å². The van der Waals surface area contributed by atoms with Gasteiger partial charge in [0, 0.05) is 38.6 Å². The largest absolute Gasteiger partial charge is 0.309 e. The molecule has 0 saturated heterocycles. The lowest BCUT2D eigenvalue weighted by Gasteiger charge is -2.15. The zero-order chi connectivity index (χ0) is 41.0. The number of para-hydroxylation sites is 1. The van der Waals surface area contributed by atoms with Gasteiger partial charge in [0.15, 0.2) is 11.7 Å². The molecule has 1 N–H and O–H groups in total. The lowest BCUT2D eigenvalue weighted by atomic mass is 10.0. The van der Waals surface area contributed by atoms with Gasteiger partial charge in [0.1, 0.15) is 0 Å². The van der Waals surface area contributed by atoms with Gasteiger partial charge in [-0.3, -0.25) is 5.41 Å². The second-order valence-electron chi connectivity index (χ2n) is 14.8. The van der Waals surface area contributed by atoms with Gasteiger partial charge in [-0.2, -0.15) is 0 Å². The fraction of sp³-hybridized carbons (Fsp3) is 0. The number of nitrogens with one attached hydrogen (secondary N) is 1. The van der Waals surface area contributed by atoms with Gasteiger partial charge in [-0.15, -0.1) is 0 Å². The Morgan fingerprint density at radius 2 is 0.984 bits per heavy atom. The number of hydrogen-bond acceptors (Lipinski definition) is 3. The molecule has 0 amide bonds. The van der Waals surface area contributed by atoms with E-state index >= 15 is 0 Å². The van der Waals surface area contributed by atoms with E-state index in [2.05, 4.69) is 120 Å². The van der Waals surface area contributed by atoms with E-state index in [0.717, 1.165) is 61.5 Å². The van der Waals surface area contributed by atoms with Crippen molar-refractivity contribution in [1.82, 2.24) is 14.5 Å². The molecular weight excluding hydrogens is 743 g/mol. The van der Waals surface area contributed by atoms with Crippen LogP contribution in [0.4, 0.5) is 0 Å². The summed E-state index contributed by atoms with van der Waals surface area (Å²) >= 11 is 0. The Hall–Kier alpha value is -8.28. The standard InChI is InChI=1S/C56H39N5/c57-55(42-24-12-4-13-25-42)58-49(40-20-8-2-9-21-40)33-30-46-36-45(51-38-50(41-22-10-3-11-23-41)59-56(60-51)43-26-14-5-15-27-43)32-34-52(46)61-53-29-17-16-28-47(53)48-37-44(31-35-54(48)61)39-18-6-1-7-19-39/h1-38,57H/b33-30+,57-55?,58-49+. The Bertz CT molecular complexity index is 3170.